The Bertz CT molecular complexity index is 713. The molecule has 0 aliphatic carbocycles. The van der Waals surface area contributed by atoms with Crippen molar-refractivity contribution in [2.24, 2.45) is 0 Å². The number of aromatic nitrogens is 1. The minimum atomic E-state index is -1.14. The van der Waals surface area contributed by atoms with Gasteiger partial charge in [-0.15, -0.1) is 0 Å². The first-order chi connectivity index (χ1) is 9.56. The van der Waals surface area contributed by atoms with Gasteiger partial charge in [0, 0.05) is 17.4 Å². The maximum Gasteiger partial charge on any atom is 0.357 e. The molecule has 0 saturated heterocycles. The summed E-state index contributed by atoms with van der Waals surface area (Å²) in [7, 11) is 0. The minimum Gasteiger partial charge on any atom is -0.476 e. The van der Waals surface area contributed by atoms with Gasteiger partial charge in [-0.3, -0.25) is 4.79 Å². The van der Waals surface area contributed by atoms with Crippen molar-refractivity contribution in [3.05, 3.63) is 45.4 Å². The number of anilines is 1. The van der Waals surface area contributed by atoms with E-state index in [2.05, 4.69) is 9.69 Å². The summed E-state index contributed by atoms with van der Waals surface area (Å²) in [6, 6.07) is 7.22. The molecule has 1 aliphatic heterocycles. The number of carbonyl (C=O) groups is 2. The number of rotatable bonds is 2. The van der Waals surface area contributed by atoms with Crippen molar-refractivity contribution in [2.75, 3.05) is 5.32 Å². The van der Waals surface area contributed by atoms with Crippen LogP contribution in [-0.4, -0.2) is 21.4 Å². The molecule has 0 unspecified atom stereocenters. The van der Waals surface area contributed by atoms with E-state index in [9.17, 15) is 9.59 Å². The number of nitrogens with one attached hydrogen (secondary N) is 1. The van der Waals surface area contributed by atoms with Crippen molar-refractivity contribution in [2.45, 2.75) is 12.3 Å². The van der Waals surface area contributed by atoms with Gasteiger partial charge in [0.2, 0.25) is 5.91 Å². The van der Waals surface area contributed by atoms with Crippen LogP contribution in [0.5, 0.6) is 0 Å². The third-order valence-corrected chi connectivity index (χ3v) is 4.34. The summed E-state index contributed by atoms with van der Waals surface area (Å²) in [4.78, 5) is 23.7. The second-order valence-electron chi connectivity index (χ2n) is 4.44. The first-order valence-corrected chi connectivity index (χ1v) is 6.99. The fourth-order valence-electron chi connectivity index (χ4n) is 2.27. The quantitative estimate of drug-likeness (QED) is 0.894. The number of benzene rings is 1. The zero-order valence-corrected chi connectivity index (χ0v) is 11.7. The minimum absolute atomic E-state index is 0.106. The molecule has 0 bridgehead atoms. The lowest BCUT2D eigenvalue weighted by molar-refractivity contribution is -0.116. The lowest BCUT2D eigenvalue weighted by Crippen LogP contribution is -2.23. The van der Waals surface area contributed by atoms with Crippen LogP contribution in [-0.2, 0) is 4.79 Å². The number of fused-ring (bicyclic) bond motifs is 1. The summed E-state index contributed by atoms with van der Waals surface area (Å²) < 4.78 is 3.92. The zero-order chi connectivity index (χ0) is 14.3. The molecule has 2 N–H and O–H groups in total. The van der Waals surface area contributed by atoms with E-state index in [0.717, 1.165) is 22.0 Å². The molecule has 2 heterocycles. The summed E-state index contributed by atoms with van der Waals surface area (Å²) in [6.07, 6.45) is 0.259. The van der Waals surface area contributed by atoms with Crippen molar-refractivity contribution >= 4 is 40.7 Å². The molecule has 0 spiro atoms. The molecular weight excluding hydrogens is 300 g/mol. The van der Waals surface area contributed by atoms with E-state index >= 15 is 0 Å². The largest absolute Gasteiger partial charge is 0.476 e. The summed E-state index contributed by atoms with van der Waals surface area (Å²) in [5.74, 6) is -1.57. The van der Waals surface area contributed by atoms with Crippen LogP contribution >= 0.6 is 23.1 Å². The third-order valence-electron chi connectivity index (χ3n) is 3.14. The van der Waals surface area contributed by atoms with Gasteiger partial charge in [-0.2, -0.15) is 4.37 Å². The van der Waals surface area contributed by atoms with Crippen LogP contribution in [0.15, 0.2) is 24.3 Å². The van der Waals surface area contributed by atoms with Crippen LogP contribution in [0.25, 0.3) is 0 Å². The number of carboxylic acid groups (broad SMARTS) is 1. The van der Waals surface area contributed by atoms with E-state index in [1.807, 2.05) is 12.1 Å². The van der Waals surface area contributed by atoms with E-state index in [1.165, 1.54) is 0 Å². The van der Waals surface area contributed by atoms with Crippen molar-refractivity contribution in [1.82, 2.24) is 4.37 Å². The average molecular weight is 309 g/mol. The van der Waals surface area contributed by atoms with Gasteiger partial charge in [0.25, 0.3) is 0 Å². The van der Waals surface area contributed by atoms with Crippen molar-refractivity contribution < 1.29 is 14.7 Å². The van der Waals surface area contributed by atoms with Gasteiger partial charge in [0.05, 0.1) is 10.6 Å². The molecule has 1 aromatic heterocycles. The van der Waals surface area contributed by atoms with Crippen molar-refractivity contribution in [1.29, 1.82) is 0 Å². The molecule has 20 heavy (non-hydrogen) atoms. The Morgan fingerprint density at radius 1 is 1.50 bits per heavy atom. The predicted octanol–water partition coefficient (Wildman–Crippen LogP) is 2.97. The summed E-state index contributed by atoms with van der Waals surface area (Å²) in [6.45, 7) is 0. The molecule has 0 fully saturated rings. The molecule has 1 aromatic carbocycles. The van der Waals surface area contributed by atoms with Gasteiger partial charge in [-0.25, -0.2) is 4.79 Å². The fourth-order valence-corrected chi connectivity index (χ4v) is 3.41. The number of aromatic carboxylic acids is 1. The predicted molar refractivity (Wildman–Crippen MR) is 75.6 cm³/mol. The normalized spacial score (nSPS) is 17.4. The molecule has 3 rings (SSSR count). The number of hydrogen-bond acceptors (Lipinski definition) is 4. The van der Waals surface area contributed by atoms with Gasteiger partial charge >= 0.3 is 5.97 Å². The first kappa shape index (κ1) is 13.1. The summed E-state index contributed by atoms with van der Waals surface area (Å²) in [5, 5.41) is 12.3. The number of hydrogen-bond donors (Lipinski definition) is 2. The molecule has 102 valence electrons. The summed E-state index contributed by atoms with van der Waals surface area (Å²) in [5.41, 5.74) is 1.09. The maximum absolute atomic E-state index is 11.8. The van der Waals surface area contributed by atoms with E-state index in [4.69, 9.17) is 16.7 Å². The molecule has 0 saturated carbocycles. The second-order valence-corrected chi connectivity index (χ2v) is 5.68. The number of nitrogens with zero attached hydrogens (tertiary/aromatic N) is 1. The number of amides is 1. The van der Waals surface area contributed by atoms with Crippen LogP contribution < -0.4 is 5.32 Å². The van der Waals surface area contributed by atoms with Crippen LogP contribution in [0.3, 0.4) is 0 Å². The van der Waals surface area contributed by atoms with Gasteiger partial charge < -0.3 is 10.4 Å². The molecule has 7 heteroatoms. The highest BCUT2D eigenvalue weighted by Crippen LogP contribution is 2.41. The van der Waals surface area contributed by atoms with Gasteiger partial charge in [0.15, 0.2) is 5.69 Å². The number of carbonyl (C=O) groups excluding carboxylic acids is 1. The Kier molecular flexibility index (Phi) is 3.19. The van der Waals surface area contributed by atoms with Gasteiger partial charge in [-0.1, -0.05) is 23.7 Å². The highest BCUT2D eigenvalue weighted by Gasteiger charge is 2.33. The van der Waals surface area contributed by atoms with Crippen LogP contribution in [0.4, 0.5) is 5.69 Å². The Hall–Kier alpha value is -1.92. The molecular formula is C13H9ClN2O3S. The monoisotopic (exact) mass is 308 g/mol. The Balaban J connectivity index is 2.11. The van der Waals surface area contributed by atoms with Crippen LogP contribution in [0.1, 0.15) is 33.3 Å². The van der Waals surface area contributed by atoms with E-state index < -0.39 is 5.97 Å². The number of halogens is 1. The topological polar surface area (TPSA) is 79.3 Å². The maximum atomic E-state index is 11.8. The van der Waals surface area contributed by atoms with Crippen molar-refractivity contribution in [3.63, 3.8) is 0 Å². The lowest BCUT2D eigenvalue weighted by atomic mass is 9.90. The molecule has 0 radical (unpaired) electrons. The Morgan fingerprint density at radius 2 is 2.30 bits per heavy atom. The fraction of sp³-hybridized carbons (Fsp3) is 0.154. The zero-order valence-electron chi connectivity index (χ0n) is 10.1. The highest BCUT2D eigenvalue weighted by molar-refractivity contribution is 7.06. The first-order valence-electron chi connectivity index (χ1n) is 5.84. The molecule has 1 aliphatic rings. The molecule has 1 atom stereocenters. The second kappa shape index (κ2) is 4.88. The van der Waals surface area contributed by atoms with Crippen LogP contribution in [0, 0.1) is 0 Å². The molecule has 2 aromatic rings. The van der Waals surface area contributed by atoms with Crippen molar-refractivity contribution in [3.8, 4) is 0 Å². The van der Waals surface area contributed by atoms with E-state index in [1.54, 1.807) is 12.1 Å². The highest BCUT2D eigenvalue weighted by atomic mass is 35.5. The van der Waals surface area contributed by atoms with E-state index in [0.29, 0.717) is 10.7 Å². The molecule has 1 amide bonds. The standard InChI is InChI=1S/C13H9ClN2O3S/c14-7-3-1-2-6(4-7)8-5-9(17)15-10-11(13(18)19)16-20-12(8)10/h1-4,8H,5H2,(H,15,17)(H,18,19)/t8-/m1/s1. The van der Waals surface area contributed by atoms with Crippen LogP contribution in [0.2, 0.25) is 5.02 Å². The summed E-state index contributed by atoms with van der Waals surface area (Å²) >= 11 is 7.08. The van der Waals surface area contributed by atoms with Gasteiger partial charge in [0.1, 0.15) is 0 Å². The average Bonchev–Trinajstić information content (AvgIpc) is 2.81. The number of carboxylic acids is 1. The van der Waals surface area contributed by atoms with Gasteiger partial charge in [-0.05, 0) is 29.2 Å². The van der Waals surface area contributed by atoms with E-state index in [-0.39, 0.29) is 23.9 Å². The third kappa shape index (κ3) is 2.17. The smallest absolute Gasteiger partial charge is 0.357 e. The SMILES string of the molecule is O=C1C[C@H](c2cccc(Cl)c2)c2snc(C(=O)O)c2N1. The lowest BCUT2D eigenvalue weighted by Gasteiger charge is -2.22. The molecule has 5 nitrogen and oxygen atoms in total. The Labute approximate surface area is 123 Å². The Morgan fingerprint density at radius 3 is 3.00 bits per heavy atom.